The minimum Gasteiger partial charge on any atom is -0.444 e. The monoisotopic (exact) mass is 554 g/mol. The number of anilines is 2. The number of nitrogen functional groups attached to an aromatic ring is 2. The molecular weight excluding hydrogens is 512 g/mol. The van der Waals surface area contributed by atoms with Gasteiger partial charge in [-0.3, -0.25) is 0 Å². The lowest BCUT2D eigenvalue weighted by Gasteiger charge is -2.33. The molecule has 0 aromatic carbocycles. The van der Waals surface area contributed by atoms with E-state index < -0.39 is 11.2 Å². The number of carbonyl (C=O) groups is 2. The third-order valence-corrected chi connectivity index (χ3v) is 6.15. The minimum absolute atomic E-state index is 0.237. The topological polar surface area (TPSA) is 163 Å². The molecular formula is C28H42N8O4. The Labute approximate surface area is 236 Å². The lowest BCUT2D eigenvalue weighted by atomic mass is 9.93. The van der Waals surface area contributed by atoms with Crippen LogP contribution in [-0.4, -0.2) is 79.8 Å². The van der Waals surface area contributed by atoms with Gasteiger partial charge in [-0.1, -0.05) is 6.08 Å². The first-order chi connectivity index (χ1) is 18.7. The van der Waals surface area contributed by atoms with Crippen molar-refractivity contribution in [3.8, 4) is 0 Å². The normalized spacial score (nSPS) is 16.4. The maximum Gasteiger partial charge on any atom is 0.410 e. The number of hydrogen-bond acceptors (Lipinski definition) is 10. The van der Waals surface area contributed by atoms with Crippen LogP contribution in [-0.2, 0) is 9.47 Å². The number of likely N-dealkylation sites (tertiary alicyclic amines) is 1. The van der Waals surface area contributed by atoms with Gasteiger partial charge in [0.05, 0.1) is 11.4 Å². The summed E-state index contributed by atoms with van der Waals surface area (Å²) in [6.45, 7) is 13.7. The fourth-order valence-electron chi connectivity index (χ4n) is 4.16. The molecule has 0 aliphatic carbocycles. The van der Waals surface area contributed by atoms with Crippen molar-refractivity contribution in [1.29, 1.82) is 0 Å². The Bertz CT molecular complexity index is 1160. The molecule has 40 heavy (non-hydrogen) atoms. The molecule has 0 radical (unpaired) electrons. The fourth-order valence-corrected chi connectivity index (χ4v) is 4.16. The predicted octanol–water partition coefficient (Wildman–Crippen LogP) is 4.26. The van der Waals surface area contributed by atoms with Crippen molar-refractivity contribution in [3.05, 3.63) is 41.7 Å². The summed E-state index contributed by atoms with van der Waals surface area (Å²) in [5, 5.41) is 15.9. The van der Waals surface area contributed by atoms with Crippen LogP contribution < -0.4 is 11.5 Å². The molecule has 0 unspecified atom stereocenters. The second-order valence-electron chi connectivity index (χ2n) is 11.9. The number of rotatable bonds is 2. The van der Waals surface area contributed by atoms with Crippen LogP contribution in [0.5, 0.6) is 0 Å². The molecule has 0 spiro atoms. The molecule has 2 aromatic heterocycles. The first-order valence-electron chi connectivity index (χ1n) is 13.5. The smallest absolute Gasteiger partial charge is 0.410 e. The number of ether oxygens (including phenoxy) is 2. The highest BCUT2D eigenvalue weighted by Crippen LogP contribution is 2.27. The van der Waals surface area contributed by atoms with E-state index in [0.29, 0.717) is 43.7 Å². The number of nitrogens with zero attached hydrogens (tertiary/aromatic N) is 6. The van der Waals surface area contributed by atoms with E-state index in [1.165, 1.54) is 0 Å². The molecule has 0 bridgehead atoms. The van der Waals surface area contributed by atoms with Crippen LogP contribution >= 0.6 is 0 Å². The fraction of sp³-hybridized carbons (Fsp3) is 0.571. The lowest BCUT2D eigenvalue weighted by molar-refractivity contribution is 0.0202. The van der Waals surface area contributed by atoms with E-state index >= 15 is 0 Å². The standard InChI is InChI=1S/C14H22N4O2.C14H20N4O2/c2*1-14(2,3)20-13(19)18-8-6-10(7-9-18)11-4-5-12(15)17-16-11/h4-5,10H,6-9H2,1-3H3,(H2,15,17);4-6H,7-9H2,1-3H3,(H2,15,17). The summed E-state index contributed by atoms with van der Waals surface area (Å²) in [6.07, 6.45) is 3.94. The molecule has 2 aliphatic rings. The molecule has 2 amide bonds. The molecule has 0 saturated carbocycles. The summed E-state index contributed by atoms with van der Waals surface area (Å²) in [7, 11) is 0. The second kappa shape index (κ2) is 12.9. The number of hydrogen-bond donors (Lipinski definition) is 2. The molecule has 4 rings (SSSR count). The van der Waals surface area contributed by atoms with Gasteiger partial charge in [-0.25, -0.2) is 9.59 Å². The van der Waals surface area contributed by atoms with Crippen LogP contribution in [0.15, 0.2) is 30.3 Å². The molecule has 218 valence electrons. The Hall–Kier alpha value is -3.96. The summed E-state index contributed by atoms with van der Waals surface area (Å²) in [5.74, 6) is 1.17. The molecule has 4 N–H and O–H groups in total. The minimum atomic E-state index is -0.469. The summed E-state index contributed by atoms with van der Waals surface area (Å²) in [4.78, 5) is 27.3. The number of nitrogens with two attached hydrogens (primary N) is 2. The van der Waals surface area contributed by atoms with E-state index in [1.54, 1.807) is 21.9 Å². The highest BCUT2D eigenvalue weighted by atomic mass is 16.6. The zero-order valence-corrected chi connectivity index (χ0v) is 24.4. The third kappa shape index (κ3) is 9.65. The molecule has 12 heteroatoms. The quantitative estimate of drug-likeness (QED) is 0.548. The molecule has 0 atom stereocenters. The molecule has 1 fully saturated rings. The van der Waals surface area contributed by atoms with E-state index in [0.717, 1.165) is 36.2 Å². The highest BCUT2D eigenvalue weighted by Gasteiger charge is 2.28. The van der Waals surface area contributed by atoms with Gasteiger partial charge in [0, 0.05) is 32.1 Å². The zero-order valence-electron chi connectivity index (χ0n) is 24.4. The van der Waals surface area contributed by atoms with Crippen molar-refractivity contribution in [2.45, 2.75) is 77.9 Å². The SMILES string of the molecule is CC(C)(C)OC(=O)N1CC=C(c2ccc(N)nn2)CC1.CC(C)(C)OC(=O)N1CCC(c2ccc(N)nn2)CC1. The molecule has 1 saturated heterocycles. The van der Waals surface area contributed by atoms with Gasteiger partial charge in [-0.2, -0.15) is 5.10 Å². The van der Waals surface area contributed by atoms with Gasteiger partial charge in [0.1, 0.15) is 22.8 Å². The van der Waals surface area contributed by atoms with Crippen LogP contribution in [0.3, 0.4) is 0 Å². The van der Waals surface area contributed by atoms with E-state index in [1.807, 2.05) is 59.8 Å². The van der Waals surface area contributed by atoms with Gasteiger partial charge < -0.3 is 30.7 Å². The Balaban J connectivity index is 0.000000220. The summed E-state index contributed by atoms with van der Waals surface area (Å²) in [5.41, 5.74) is 13.0. The van der Waals surface area contributed by atoms with Gasteiger partial charge in [0.2, 0.25) is 0 Å². The Morgan fingerprint density at radius 1 is 0.775 bits per heavy atom. The maximum atomic E-state index is 12.0. The molecule has 4 heterocycles. The average Bonchev–Trinajstić information content (AvgIpc) is 2.88. The lowest BCUT2D eigenvalue weighted by Crippen LogP contribution is -2.41. The van der Waals surface area contributed by atoms with Gasteiger partial charge in [0.25, 0.3) is 0 Å². The first-order valence-corrected chi connectivity index (χ1v) is 13.5. The number of carbonyl (C=O) groups excluding carboxylic acids is 2. The van der Waals surface area contributed by atoms with E-state index in [2.05, 4.69) is 20.4 Å². The first kappa shape index (κ1) is 30.6. The zero-order chi connectivity index (χ0) is 29.5. The van der Waals surface area contributed by atoms with Crippen molar-refractivity contribution in [2.24, 2.45) is 0 Å². The van der Waals surface area contributed by atoms with Crippen molar-refractivity contribution in [2.75, 3.05) is 37.6 Å². The maximum absolute atomic E-state index is 12.0. The average molecular weight is 555 g/mol. The predicted molar refractivity (Wildman–Crippen MR) is 153 cm³/mol. The molecule has 2 aromatic rings. The number of amides is 2. The van der Waals surface area contributed by atoms with Crippen LogP contribution in [0.4, 0.5) is 21.2 Å². The van der Waals surface area contributed by atoms with Crippen molar-refractivity contribution in [1.82, 2.24) is 30.2 Å². The van der Waals surface area contributed by atoms with E-state index in [4.69, 9.17) is 20.9 Å². The largest absolute Gasteiger partial charge is 0.444 e. The van der Waals surface area contributed by atoms with Gasteiger partial charge >= 0.3 is 12.2 Å². The second-order valence-corrected chi connectivity index (χ2v) is 11.9. The van der Waals surface area contributed by atoms with E-state index in [9.17, 15) is 9.59 Å². The van der Waals surface area contributed by atoms with Gasteiger partial charge in [0.15, 0.2) is 0 Å². The summed E-state index contributed by atoms with van der Waals surface area (Å²) >= 11 is 0. The number of piperidine rings is 1. The molecule has 2 aliphatic heterocycles. The number of aromatic nitrogens is 4. The van der Waals surface area contributed by atoms with Crippen molar-refractivity contribution >= 4 is 29.4 Å². The van der Waals surface area contributed by atoms with Crippen LogP contribution in [0.1, 0.15) is 78.1 Å². The Morgan fingerprint density at radius 2 is 1.32 bits per heavy atom. The van der Waals surface area contributed by atoms with Gasteiger partial charge in [-0.15, -0.1) is 15.3 Å². The van der Waals surface area contributed by atoms with Gasteiger partial charge in [-0.05, 0) is 90.6 Å². The van der Waals surface area contributed by atoms with Crippen LogP contribution in [0.2, 0.25) is 0 Å². The van der Waals surface area contributed by atoms with Crippen LogP contribution in [0.25, 0.3) is 5.57 Å². The van der Waals surface area contributed by atoms with E-state index in [-0.39, 0.29) is 12.2 Å². The Kier molecular flexibility index (Phi) is 9.88. The van der Waals surface area contributed by atoms with Crippen LogP contribution in [0, 0.1) is 0 Å². The van der Waals surface area contributed by atoms with Crippen molar-refractivity contribution in [3.63, 3.8) is 0 Å². The third-order valence-electron chi connectivity index (χ3n) is 6.15. The molecule has 12 nitrogen and oxygen atoms in total. The highest BCUT2D eigenvalue weighted by molar-refractivity contribution is 5.72. The van der Waals surface area contributed by atoms with Crippen molar-refractivity contribution < 1.29 is 19.1 Å². The Morgan fingerprint density at radius 3 is 1.77 bits per heavy atom. The summed E-state index contributed by atoms with van der Waals surface area (Å²) in [6, 6.07) is 7.25. The summed E-state index contributed by atoms with van der Waals surface area (Å²) < 4.78 is 10.7.